The molecule has 7 nitrogen and oxygen atoms in total. The quantitative estimate of drug-likeness (QED) is 0.592. The maximum absolute atomic E-state index is 13.4. The van der Waals surface area contributed by atoms with Crippen molar-refractivity contribution in [3.8, 4) is 0 Å². The minimum Gasteiger partial charge on any atom is -0.483 e. The molecule has 4 unspecified atom stereocenters. The van der Waals surface area contributed by atoms with E-state index < -0.39 is 17.9 Å². The zero-order valence-electron chi connectivity index (χ0n) is 16.0. The van der Waals surface area contributed by atoms with Crippen LogP contribution in [0.2, 0.25) is 0 Å². The van der Waals surface area contributed by atoms with Crippen LogP contribution >= 0.6 is 11.6 Å². The van der Waals surface area contributed by atoms with Crippen molar-refractivity contribution in [2.75, 3.05) is 20.3 Å². The Balaban J connectivity index is 1.74. The summed E-state index contributed by atoms with van der Waals surface area (Å²) in [6, 6.07) is 5.89. The van der Waals surface area contributed by atoms with E-state index in [2.05, 4.69) is 0 Å². The fraction of sp³-hybridized carbons (Fsp3) is 0.476. The minimum absolute atomic E-state index is 0.0688. The van der Waals surface area contributed by atoms with Gasteiger partial charge in [-0.1, -0.05) is 12.1 Å². The molecular formula is C21H22ClNO6. The molecule has 8 heteroatoms. The van der Waals surface area contributed by atoms with Crippen molar-refractivity contribution in [2.24, 2.45) is 5.92 Å². The number of Topliss-reactive ketones (excluding diaryl/α,β-unsaturated/α-hetero) is 1. The van der Waals surface area contributed by atoms with E-state index in [1.807, 2.05) is 0 Å². The molecule has 1 aliphatic carbocycles. The van der Waals surface area contributed by atoms with Gasteiger partial charge in [0.25, 0.3) is 5.91 Å². The number of carbonyl (C=O) groups excluding carboxylic acids is 3. The molecule has 0 aromatic heterocycles. The Morgan fingerprint density at radius 1 is 1.28 bits per heavy atom. The average Bonchev–Trinajstić information content (AvgIpc) is 3.01. The van der Waals surface area contributed by atoms with Crippen LogP contribution in [0.1, 0.15) is 41.2 Å². The van der Waals surface area contributed by atoms with Gasteiger partial charge in [0, 0.05) is 11.9 Å². The lowest BCUT2D eigenvalue weighted by Crippen LogP contribution is -2.41. The minimum atomic E-state index is -0.666. The number of β-amino-alcohol motifs (C(OH)–C–C–N with tert-alkyl or cyclic N) is 1. The molecule has 1 saturated carbocycles. The van der Waals surface area contributed by atoms with Crippen molar-refractivity contribution in [1.82, 2.24) is 4.90 Å². The summed E-state index contributed by atoms with van der Waals surface area (Å²) in [5.74, 6) is -1.27. The molecule has 1 aromatic rings. The summed E-state index contributed by atoms with van der Waals surface area (Å²) >= 11 is 6.29. The van der Waals surface area contributed by atoms with Crippen LogP contribution in [0.3, 0.4) is 0 Å². The summed E-state index contributed by atoms with van der Waals surface area (Å²) in [6.07, 6.45) is 1.56. The predicted molar refractivity (Wildman–Crippen MR) is 103 cm³/mol. The van der Waals surface area contributed by atoms with Crippen molar-refractivity contribution in [2.45, 2.75) is 36.8 Å². The number of hydrogen-bond donors (Lipinski definition) is 1. The Hall–Kier alpha value is -2.38. The van der Waals surface area contributed by atoms with Crippen LogP contribution < -0.4 is 0 Å². The van der Waals surface area contributed by atoms with Gasteiger partial charge in [0.05, 0.1) is 36.8 Å². The normalized spacial score (nSPS) is 28.7. The van der Waals surface area contributed by atoms with Crippen molar-refractivity contribution < 1.29 is 29.0 Å². The molecule has 2 aliphatic heterocycles. The summed E-state index contributed by atoms with van der Waals surface area (Å²) in [5.41, 5.74) is 1.35. The van der Waals surface area contributed by atoms with Gasteiger partial charge in [-0.3, -0.25) is 9.59 Å². The van der Waals surface area contributed by atoms with Crippen LogP contribution in [0.25, 0.3) is 0 Å². The molecule has 0 spiro atoms. The average molecular weight is 420 g/mol. The van der Waals surface area contributed by atoms with E-state index in [0.717, 1.165) is 6.42 Å². The number of alkyl halides is 1. The van der Waals surface area contributed by atoms with Gasteiger partial charge in [-0.2, -0.15) is 0 Å². The number of fused-ring (bicyclic) bond motifs is 1. The molecule has 1 amide bonds. The number of benzene rings is 1. The number of hydrogen-bond acceptors (Lipinski definition) is 6. The third-order valence-corrected chi connectivity index (χ3v) is 6.26. The Morgan fingerprint density at radius 3 is 2.66 bits per heavy atom. The Labute approximate surface area is 173 Å². The molecular weight excluding hydrogens is 398 g/mol. The molecule has 29 heavy (non-hydrogen) atoms. The Morgan fingerprint density at radius 2 is 2.00 bits per heavy atom. The van der Waals surface area contributed by atoms with E-state index in [1.165, 1.54) is 12.0 Å². The highest BCUT2D eigenvalue weighted by molar-refractivity contribution is 6.21. The van der Waals surface area contributed by atoms with Gasteiger partial charge in [0.2, 0.25) is 0 Å². The molecule has 2 heterocycles. The third kappa shape index (κ3) is 3.32. The number of nitrogens with zero attached hydrogens (tertiary/aromatic N) is 1. The molecule has 4 atom stereocenters. The Kier molecular flexibility index (Phi) is 5.36. The van der Waals surface area contributed by atoms with Gasteiger partial charge in [-0.15, -0.1) is 11.6 Å². The number of ether oxygens (including phenoxy) is 2. The first kappa shape index (κ1) is 19.9. The molecule has 1 N–H and O–H groups in total. The number of esters is 1. The molecule has 0 saturated heterocycles. The zero-order valence-corrected chi connectivity index (χ0v) is 16.7. The topological polar surface area (TPSA) is 93.1 Å². The number of rotatable bonds is 4. The lowest BCUT2D eigenvalue weighted by atomic mass is 9.77. The second kappa shape index (κ2) is 7.80. The summed E-state index contributed by atoms with van der Waals surface area (Å²) in [6.45, 7) is -0.173. The van der Waals surface area contributed by atoms with E-state index in [9.17, 15) is 19.5 Å². The van der Waals surface area contributed by atoms with Crippen LogP contribution in [0.15, 0.2) is 35.6 Å². The molecule has 154 valence electrons. The SMILES string of the molecule is COC(=O)c1ccc(C2C3=C(OC4CCC(Cl)CC4C3=O)C(=O)N2CCO)cc1. The number of carbonyl (C=O) groups is 3. The van der Waals surface area contributed by atoms with Crippen molar-refractivity contribution >= 4 is 29.3 Å². The first-order valence-electron chi connectivity index (χ1n) is 9.65. The smallest absolute Gasteiger partial charge is 0.337 e. The molecule has 0 radical (unpaired) electrons. The monoisotopic (exact) mass is 419 g/mol. The van der Waals surface area contributed by atoms with Crippen LogP contribution in [0.5, 0.6) is 0 Å². The fourth-order valence-corrected chi connectivity index (χ4v) is 4.79. The summed E-state index contributed by atoms with van der Waals surface area (Å²) in [5, 5.41) is 9.39. The van der Waals surface area contributed by atoms with Crippen LogP contribution in [-0.2, 0) is 19.1 Å². The first-order valence-corrected chi connectivity index (χ1v) is 10.1. The summed E-state index contributed by atoms with van der Waals surface area (Å²) in [7, 11) is 1.30. The number of aliphatic hydroxyl groups is 1. The van der Waals surface area contributed by atoms with Crippen LogP contribution in [0.4, 0.5) is 0 Å². The summed E-state index contributed by atoms with van der Waals surface area (Å²) < 4.78 is 10.7. The van der Waals surface area contributed by atoms with Gasteiger partial charge in [-0.25, -0.2) is 4.79 Å². The van der Waals surface area contributed by atoms with Gasteiger partial charge in [0.15, 0.2) is 11.5 Å². The number of aliphatic hydroxyl groups excluding tert-OH is 1. The maximum Gasteiger partial charge on any atom is 0.337 e. The van der Waals surface area contributed by atoms with Gasteiger partial charge in [-0.05, 0) is 37.0 Å². The van der Waals surface area contributed by atoms with Gasteiger partial charge >= 0.3 is 5.97 Å². The fourth-order valence-electron chi connectivity index (χ4n) is 4.47. The number of amides is 1. The third-order valence-electron chi connectivity index (χ3n) is 5.87. The summed E-state index contributed by atoms with van der Waals surface area (Å²) in [4.78, 5) is 39.5. The van der Waals surface area contributed by atoms with E-state index in [0.29, 0.717) is 29.5 Å². The second-order valence-electron chi connectivity index (χ2n) is 7.52. The van der Waals surface area contributed by atoms with Crippen LogP contribution in [-0.4, -0.2) is 59.4 Å². The van der Waals surface area contributed by atoms with E-state index in [-0.39, 0.29) is 42.1 Å². The van der Waals surface area contributed by atoms with Crippen molar-refractivity contribution in [1.29, 1.82) is 0 Å². The zero-order chi connectivity index (χ0) is 20.7. The Bertz CT molecular complexity index is 880. The van der Waals surface area contributed by atoms with Crippen LogP contribution in [0, 0.1) is 5.92 Å². The van der Waals surface area contributed by atoms with Crippen molar-refractivity contribution in [3.63, 3.8) is 0 Å². The maximum atomic E-state index is 13.4. The van der Waals surface area contributed by atoms with E-state index in [1.54, 1.807) is 24.3 Å². The largest absolute Gasteiger partial charge is 0.483 e. The van der Waals surface area contributed by atoms with Gasteiger partial charge < -0.3 is 19.5 Å². The highest BCUT2D eigenvalue weighted by atomic mass is 35.5. The van der Waals surface area contributed by atoms with E-state index >= 15 is 0 Å². The lowest BCUT2D eigenvalue weighted by molar-refractivity contribution is -0.135. The van der Waals surface area contributed by atoms with Gasteiger partial charge in [0.1, 0.15) is 6.10 Å². The lowest BCUT2D eigenvalue weighted by Gasteiger charge is -2.37. The highest BCUT2D eigenvalue weighted by Crippen LogP contribution is 2.47. The number of methoxy groups -OCH3 is 1. The number of halogens is 1. The predicted octanol–water partition coefficient (Wildman–Crippen LogP) is 1.98. The first-order chi connectivity index (χ1) is 14.0. The molecule has 3 aliphatic rings. The van der Waals surface area contributed by atoms with E-state index in [4.69, 9.17) is 21.1 Å². The molecule has 1 fully saturated rings. The standard InChI is InChI=1S/C21H22ClNO6/c1-28-21(27)12-4-2-11(3-5-12)17-16-18(25)14-10-13(22)6-7-15(14)29-19(16)20(26)23(17)8-9-24/h2-5,13-15,17,24H,6-10H2,1H3. The number of ketones is 1. The molecule has 4 rings (SSSR count). The highest BCUT2D eigenvalue weighted by Gasteiger charge is 2.52. The molecule has 0 bridgehead atoms. The second-order valence-corrected chi connectivity index (χ2v) is 8.14. The molecule has 1 aromatic carbocycles. The van der Waals surface area contributed by atoms with Crippen molar-refractivity contribution in [3.05, 3.63) is 46.7 Å².